The zero-order valence-electron chi connectivity index (χ0n) is 10.2. The van der Waals surface area contributed by atoms with E-state index >= 15 is 0 Å². The van der Waals surface area contributed by atoms with Crippen LogP contribution in [0.5, 0.6) is 0 Å². The molecule has 0 unspecified atom stereocenters. The van der Waals surface area contributed by atoms with Gasteiger partial charge in [0, 0.05) is 0 Å². The summed E-state index contributed by atoms with van der Waals surface area (Å²) >= 11 is 6.03. The van der Waals surface area contributed by atoms with Crippen molar-refractivity contribution in [1.29, 1.82) is 0 Å². The lowest BCUT2D eigenvalue weighted by molar-refractivity contribution is -0.117. The molecule has 19 heavy (non-hydrogen) atoms. The molecule has 1 atom stereocenters. The van der Waals surface area contributed by atoms with Gasteiger partial charge in [0.05, 0.1) is 22.4 Å². The number of anilines is 1. The normalized spacial score (nSPS) is 12.2. The van der Waals surface area contributed by atoms with E-state index in [1.165, 1.54) is 11.0 Å². The first-order valence-electron chi connectivity index (χ1n) is 5.71. The molecule has 0 saturated carbocycles. The predicted octanol–water partition coefficient (Wildman–Crippen LogP) is 0.991. The highest BCUT2D eigenvalue weighted by Crippen LogP contribution is 2.24. The monoisotopic (exact) mass is 280 g/mol. The molecule has 1 aromatic carbocycles. The van der Waals surface area contributed by atoms with Crippen LogP contribution in [0.2, 0.25) is 5.02 Å². The highest BCUT2D eigenvalue weighted by atomic mass is 35.5. The quantitative estimate of drug-likeness (QED) is 0.870. The molecule has 0 aliphatic carbocycles. The Morgan fingerprint density at radius 3 is 3.00 bits per heavy atom. The Bertz CT molecular complexity index is 571. The zero-order chi connectivity index (χ0) is 13.8. The maximum Gasteiger partial charge on any atom is 0.241 e. The number of nitrogens with one attached hydrogen (secondary N) is 1. The molecule has 8 heteroatoms. The summed E-state index contributed by atoms with van der Waals surface area (Å²) in [5.41, 5.74) is 6.82. The highest BCUT2D eigenvalue weighted by Gasteiger charge is 2.13. The Morgan fingerprint density at radius 2 is 2.37 bits per heavy atom. The average Bonchev–Trinajstić information content (AvgIpc) is 2.94. The molecule has 3 N–H and O–H groups in total. The van der Waals surface area contributed by atoms with Crippen molar-refractivity contribution in [2.45, 2.75) is 19.4 Å². The minimum Gasteiger partial charge on any atom is -0.323 e. The molecule has 7 nitrogen and oxygen atoms in total. The van der Waals surface area contributed by atoms with Crippen molar-refractivity contribution in [3.05, 3.63) is 29.5 Å². The summed E-state index contributed by atoms with van der Waals surface area (Å²) in [7, 11) is 0. The van der Waals surface area contributed by atoms with Gasteiger partial charge in [-0.2, -0.15) is 0 Å². The maximum atomic E-state index is 11.8. The summed E-state index contributed by atoms with van der Waals surface area (Å²) in [5, 5.41) is 14.0. The van der Waals surface area contributed by atoms with Gasteiger partial charge < -0.3 is 11.1 Å². The number of hydrogen-bond acceptors (Lipinski definition) is 5. The van der Waals surface area contributed by atoms with E-state index in [4.69, 9.17) is 17.3 Å². The second-order valence-corrected chi connectivity index (χ2v) is 4.33. The molecule has 1 amide bonds. The SMILES string of the molecule is CC[C@H](N)C(=O)Nc1cc(-n2cnnn2)ccc1Cl. The van der Waals surface area contributed by atoms with Gasteiger partial charge in [-0.1, -0.05) is 18.5 Å². The van der Waals surface area contributed by atoms with Gasteiger partial charge in [0.25, 0.3) is 0 Å². The second-order valence-electron chi connectivity index (χ2n) is 3.92. The molecule has 1 aromatic heterocycles. The van der Waals surface area contributed by atoms with Crippen molar-refractivity contribution in [3.8, 4) is 5.69 Å². The fourth-order valence-corrected chi connectivity index (χ4v) is 1.61. The first-order valence-corrected chi connectivity index (χ1v) is 6.09. The summed E-state index contributed by atoms with van der Waals surface area (Å²) in [6, 6.07) is 4.52. The molecule has 2 rings (SSSR count). The number of carbonyl (C=O) groups excluding carboxylic acids is 1. The third kappa shape index (κ3) is 3.07. The summed E-state index contributed by atoms with van der Waals surface area (Å²) in [6.07, 6.45) is 2.00. The van der Waals surface area contributed by atoms with E-state index in [0.29, 0.717) is 22.8 Å². The molecule has 0 spiro atoms. The van der Waals surface area contributed by atoms with Crippen LogP contribution in [0.4, 0.5) is 5.69 Å². The number of halogens is 1. The molecule has 0 bridgehead atoms. The van der Waals surface area contributed by atoms with E-state index < -0.39 is 6.04 Å². The van der Waals surface area contributed by atoms with Crippen molar-refractivity contribution < 1.29 is 4.79 Å². The van der Waals surface area contributed by atoms with Crippen molar-refractivity contribution in [2.24, 2.45) is 5.73 Å². The third-order valence-corrected chi connectivity index (χ3v) is 2.93. The smallest absolute Gasteiger partial charge is 0.241 e. The number of carbonyl (C=O) groups is 1. The number of rotatable bonds is 4. The molecule has 0 saturated heterocycles. The van der Waals surface area contributed by atoms with Gasteiger partial charge in [0.15, 0.2) is 0 Å². The number of aromatic nitrogens is 4. The minimum atomic E-state index is -0.562. The van der Waals surface area contributed by atoms with Crippen LogP contribution in [0.1, 0.15) is 13.3 Å². The van der Waals surface area contributed by atoms with Gasteiger partial charge in [0.2, 0.25) is 5.91 Å². The molecule has 2 aromatic rings. The Kier molecular flexibility index (Phi) is 4.08. The number of benzene rings is 1. The Hall–Kier alpha value is -1.99. The number of nitrogens with two attached hydrogens (primary N) is 1. The van der Waals surface area contributed by atoms with Crippen LogP contribution in [-0.4, -0.2) is 32.2 Å². The fraction of sp³-hybridized carbons (Fsp3) is 0.273. The number of amides is 1. The van der Waals surface area contributed by atoms with E-state index in [9.17, 15) is 4.79 Å². The van der Waals surface area contributed by atoms with E-state index in [1.807, 2.05) is 6.92 Å². The van der Waals surface area contributed by atoms with Crippen molar-refractivity contribution in [3.63, 3.8) is 0 Å². The molecule has 0 aliphatic rings. The zero-order valence-corrected chi connectivity index (χ0v) is 11.0. The topological polar surface area (TPSA) is 98.7 Å². The van der Waals surface area contributed by atoms with Gasteiger partial charge in [0.1, 0.15) is 6.33 Å². The van der Waals surface area contributed by atoms with Gasteiger partial charge in [-0.15, -0.1) is 5.10 Å². The van der Waals surface area contributed by atoms with Crippen molar-refractivity contribution in [2.75, 3.05) is 5.32 Å². The first-order chi connectivity index (χ1) is 9.11. The fourth-order valence-electron chi connectivity index (χ4n) is 1.44. The third-order valence-electron chi connectivity index (χ3n) is 2.60. The first kappa shape index (κ1) is 13.4. The van der Waals surface area contributed by atoms with E-state index in [0.717, 1.165) is 0 Å². The van der Waals surface area contributed by atoms with E-state index in [1.54, 1.807) is 18.2 Å². The number of tetrazole rings is 1. The number of nitrogens with zero attached hydrogens (tertiary/aromatic N) is 4. The summed E-state index contributed by atoms with van der Waals surface area (Å²) in [4.78, 5) is 11.8. The lowest BCUT2D eigenvalue weighted by Crippen LogP contribution is -2.34. The highest BCUT2D eigenvalue weighted by molar-refractivity contribution is 6.33. The van der Waals surface area contributed by atoms with Gasteiger partial charge in [-0.25, -0.2) is 4.68 Å². The molecule has 0 radical (unpaired) electrons. The molecular weight excluding hydrogens is 268 g/mol. The Labute approximate surface area is 114 Å². The Balaban J connectivity index is 2.25. The molecule has 0 aliphatic heterocycles. The predicted molar refractivity (Wildman–Crippen MR) is 71.1 cm³/mol. The maximum absolute atomic E-state index is 11.8. The van der Waals surface area contributed by atoms with Crippen molar-refractivity contribution >= 4 is 23.2 Å². The minimum absolute atomic E-state index is 0.279. The van der Waals surface area contributed by atoms with Crippen LogP contribution < -0.4 is 11.1 Å². The van der Waals surface area contributed by atoms with Crippen LogP contribution in [0.15, 0.2) is 24.5 Å². The number of hydrogen-bond donors (Lipinski definition) is 2. The molecule has 0 fully saturated rings. The Morgan fingerprint density at radius 1 is 1.58 bits per heavy atom. The largest absolute Gasteiger partial charge is 0.323 e. The standard InChI is InChI=1S/C11H13ClN6O/c1-2-9(13)11(19)15-10-5-7(3-4-8(10)12)18-6-14-16-17-18/h3-6,9H,2,13H2,1H3,(H,15,19)/t9-/m0/s1. The summed E-state index contributed by atoms with van der Waals surface area (Å²) in [6.45, 7) is 1.84. The summed E-state index contributed by atoms with van der Waals surface area (Å²) < 4.78 is 1.46. The lowest BCUT2D eigenvalue weighted by Gasteiger charge is -2.12. The van der Waals surface area contributed by atoms with Crippen LogP contribution in [0.3, 0.4) is 0 Å². The van der Waals surface area contributed by atoms with Crippen LogP contribution in [0, 0.1) is 0 Å². The van der Waals surface area contributed by atoms with Gasteiger partial charge in [-0.05, 0) is 35.0 Å². The van der Waals surface area contributed by atoms with Crippen LogP contribution in [0.25, 0.3) is 5.69 Å². The average molecular weight is 281 g/mol. The summed E-state index contributed by atoms with van der Waals surface area (Å²) in [5.74, 6) is -0.279. The molecule has 1 heterocycles. The lowest BCUT2D eigenvalue weighted by atomic mass is 10.2. The van der Waals surface area contributed by atoms with Gasteiger partial charge in [-0.3, -0.25) is 4.79 Å². The molecule has 100 valence electrons. The van der Waals surface area contributed by atoms with E-state index in [2.05, 4.69) is 20.8 Å². The van der Waals surface area contributed by atoms with Gasteiger partial charge >= 0.3 is 0 Å². The van der Waals surface area contributed by atoms with Crippen molar-refractivity contribution in [1.82, 2.24) is 20.2 Å². The molecular formula is C11H13ClN6O. The van der Waals surface area contributed by atoms with Crippen LogP contribution in [-0.2, 0) is 4.79 Å². The second kappa shape index (κ2) is 5.77. The van der Waals surface area contributed by atoms with Crippen LogP contribution >= 0.6 is 11.6 Å². The van der Waals surface area contributed by atoms with E-state index in [-0.39, 0.29) is 5.91 Å².